The fourth-order valence-electron chi connectivity index (χ4n) is 2.39. The van der Waals surface area contributed by atoms with E-state index in [9.17, 15) is 0 Å². The van der Waals surface area contributed by atoms with Gasteiger partial charge in [0.1, 0.15) is 11.6 Å². The van der Waals surface area contributed by atoms with Crippen LogP contribution in [0.2, 0.25) is 0 Å². The Morgan fingerprint density at radius 1 is 1.24 bits per heavy atom. The first-order valence-corrected chi connectivity index (χ1v) is 7.70. The van der Waals surface area contributed by atoms with Crippen LogP contribution < -0.4 is 15.4 Å². The zero-order valence-corrected chi connectivity index (χ0v) is 13.6. The van der Waals surface area contributed by atoms with E-state index in [1.807, 2.05) is 26.1 Å². The first-order chi connectivity index (χ1) is 10.2. The van der Waals surface area contributed by atoms with E-state index in [4.69, 9.17) is 4.74 Å². The number of aryl methyl sites for hydroxylation is 2. The standard InChI is InChI=1S/C15H17BrN4O/c1-9-6-13(17-2)20-15(18-9)19-11-7-10-4-3-5-21-14(10)12(16)8-11/h6-8H,3-5H2,1-2H3,(H2,17,18,19,20). The minimum absolute atomic E-state index is 0.586. The lowest BCUT2D eigenvalue weighted by Crippen LogP contribution is -2.09. The van der Waals surface area contributed by atoms with E-state index >= 15 is 0 Å². The number of rotatable bonds is 3. The SMILES string of the molecule is CNc1cc(C)nc(Nc2cc(Br)c3c(c2)CCCO3)n1. The summed E-state index contributed by atoms with van der Waals surface area (Å²) in [5.41, 5.74) is 3.08. The molecule has 0 saturated heterocycles. The molecule has 1 aromatic heterocycles. The Bertz CT molecular complexity index is 675. The van der Waals surface area contributed by atoms with Crippen molar-refractivity contribution in [1.82, 2.24) is 9.97 Å². The van der Waals surface area contributed by atoms with Crippen molar-refractivity contribution in [2.75, 3.05) is 24.3 Å². The molecule has 0 unspecified atom stereocenters. The van der Waals surface area contributed by atoms with Crippen LogP contribution in [-0.2, 0) is 6.42 Å². The lowest BCUT2D eigenvalue weighted by atomic mass is 10.1. The smallest absolute Gasteiger partial charge is 0.229 e. The summed E-state index contributed by atoms with van der Waals surface area (Å²) in [4.78, 5) is 8.82. The zero-order chi connectivity index (χ0) is 14.8. The second-order valence-corrected chi connectivity index (χ2v) is 5.85. The van der Waals surface area contributed by atoms with E-state index in [1.54, 1.807) is 0 Å². The summed E-state index contributed by atoms with van der Waals surface area (Å²) >= 11 is 3.57. The third-order valence-corrected chi connectivity index (χ3v) is 3.91. The molecule has 0 atom stereocenters. The lowest BCUT2D eigenvalue weighted by molar-refractivity contribution is 0.286. The molecule has 0 fully saturated rings. The number of benzene rings is 1. The average Bonchev–Trinajstić information content (AvgIpc) is 2.46. The molecule has 3 rings (SSSR count). The number of halogens is 1. The maximum Gasteiger partial charge on any atom is 0.229 e. The lowest BCUT2D eigenvalue weighted by Gasteiger charge is -2.20. The fourth-order valence-corrected chi connectivity index (χ4v) is 3.00. The molecule has 2 aromatic rings. The molecule has 1 aromatic carbocycles. The molecule has 2 N–H and O–H groups in total. The molecule has 1 aliphatic heterocycles. The van der Waals surface area contributed by atoms with Crippen LogP contribution in [0.15, 0.2) is 22.7 Å². The first kappa shape index (κ1) is 14.1. The Morgan fingerprint density at radius 3 is 2.90 bits per heavy atom. The molecule has 0 spiro atoms. The normalized spacial score (nSPS) is 13.3. The monoisotopic (exact) mass is 348 g/mol. The van der Waals surface area contributed by atoms with Crippen LogP contribution in [0.1, 0.15) is 17.7 Å². The van der Waals surface area contributed by atoms with Crippen LogP contribution in [0.25, 0.3) is 0 Å². The largest absolute Gasteiger partial charge is 0.492 e. The van der Waals surface area contributed by atoms with Crippen molar-refractivity contribution in [3.8, 4) is 5.75 Å². The van der Waals surface area contributed by atoms with E-state index < -0.39 is 0 Å². The molecular formula is C15H17BrN4O. The summed E-state index contributed by atoms with van der Waals surface area (Å²) in [5, 5.41) is 6.30. The van der Waals surface area contributed by atoms with Crippen molar-refractivity contribution in [3.05, 3.63) is 33.9 Å². The van der Waals surface area contributed by atoms with E-state index in [0.29, 0.717) is 5.95 Å². The highest BCUT2D eigenvalue weighted by atomic mass is 79.9. The van der Waals surface area contributed by atoms with Crippen molar-refractivity contribution in [2.24, 2.45) is 0 Å². The van der Waals surface area contributed by atoms with Crippen LogP contribution in [0.5, 0.6) is 5.75 Å². The number of hydrogen-bond donors (Lipinski definition) is 2. The predicted molar refractivity (Wildman–Crippen MR) is 87.6 cm³/mol. The maximum absolute atomic E-state index is 5.70. The molecule has 21 heavy (non-hydrogen) atoms. The molecule has 2 heterocycles. The molecule has 6 heteroatoms. The number of ether oxygens (including phenoxy) is 1. The van der Waals surface area contributed by atoms with Gasteiger partial charge in [0.15, 0.2) is 0 Å². The number of nitrogens with one attached hydrogen (secondary N) is 2. The number of nitrogens with zero attached hydrogens (tertiary/aromatic N) is 2. The van der Waals surface area contributed by atoms with Crippen molar-refractivity contribution in [3.63, 3.8) is 0 Å². The molecule has 1 aliphatic rings. The molecule has 5 nitrogen and oxygen atoms in total. The summed E-state index contributed by atoms with van der Waals surface area (Å²) in [6, 6.07) is 6.00. The van der Waals surface area contributed by atoms with Gasteiger partial charge in [-0.2, -0.15) is 4.98 Å². The van der Waals surface area contributed by atoms with Crippen molar-refractivity contribution in [2.45, 2.75) is 19.8 Å². The second kappa shape index (κ2) is 5.89. The Balaban J connectivity index is 1.91. The highest BCUT2D eigenvalue weighted by molar-refractivity contribution is 9.10. The van der Waals surface area contributed by atoms with Crippen LogP contribution in [0, 0.1) is 6.92 Å². The molecular weight excluding hydrogens is 332 g/mol. The van der Waals surface area contributed by atoms with E-state index in [0.717, 1.165) is 46.9 Å². The van der Waals surface area contributed by atoms with Gasteiger partial charge in [-0.3, -0.25) is 0 Å². The van der Waals surface area contributed by atoms with Gasteiger partial charge in [0.2, 0.25) is 5.95 Å². The maximum atomic E-state index is 5.70. The Kier molecular flexibility index (Phi) is 3.96. The topological polar surface area (TPSA) is 59.1 Å². The number of anilines is 3. The van der Waals surface area contributed by atoms with Gasteiger partial charge in [-0.1, -0.05) is 0 Å². The third-order valence-electron chi connectivity index (χ3n) is 3.32. The summed E-state index contributed by atoms with van der Waals surface area (Å²) in [7, 11) is 1.85. The van der Waals surface area contributed by atoms with Gasteiger partial charge in [-0.25, -0.2) is 4.98 Å². The third kappa shape index (κ3) is 3.10. The van der Waals surface area contributed by atoms with Crippen LogP contribution in [0.3, 0.4) is 0 Å². The van der Waals surface area contributed by atoms with Gasteiger partial charge in [0.05, 0.1) is 11.1 Å². The number of aromatic nitrogens is 2. The van der Waals surface area contributed by atoms with E-state index in [2.05, 4.69) is 42.6 Å². The molecule has 110 valence electrons. The first-order valence-electron chi connectivity index (χ1n) is 6.91. The van der Waals surface area contributed by atoms with E-state index in [1.165, 1.54) is 5.56 Å². The molecule has 0 amide bonds. The number of fused-ring (bicyclic) bond motifs is 1. The highest BCUT2D eigenvalue weighted by Gasteiger charge is 2.15. The van der Waals surface area contributed by atoms with Crippen molar-refractivity contribution < 1.29 is 4.74 Å². The Morgan fingerprint density at radius 2 is 2.10 bits per heavy atom. The minimum Gasteiger partial charge on any atom is -0.492 e. The fraction of sp³-hybridized carbons (Fsp3) is 0.333. The Labute approximate surface area is 132 Å². The van der Waals surface area contributed by atoms with Gasteiger partial charge in [0, 0.05) is 24.5 Å². The zero-order valence-electron chi connectivity index (χ0n) is 12.0. The minimum atomic E-state index is 0.586. The van der Waals surface area contributed by atoms with E-state index in [-0.39, 0.29) is 0 Å². The van der Waals surface area contributed by atoms with Crippen LogP contribution in [0.4, 0.5) is 17.5 Å². The number of hydrogen-bond acceptors (Lipinski definition) is 5. The second-order valence-electron chi connectivity index (χ2n) is 4.99. The highest BCUT2D eigenvalue weighted by Crippen LogP contribution is 2.36. The average molecular weight is 349 g/mol. The Hall–Kier alpha value is -1.82. The predicted octanol–water partition coefficient (Wildman–Crippen LogP) is 3.66. The van der Waals surface area contributed by atoms with Gasteiger partial charge in [-0.05, 0) is 53.4 Å². The quantitative estimate of drug-likeness (QED) is 0.886. The van der Waals surface area contributed by atoms with Crippen molar-refractivity contribution in [1.29, 1.82) is 0 Å². The van der Waals surface area contributed by atoms with Gasteiger partial charge >= 0.3 is 0 Å². The van der Waals surface area contributed by atoms with Crippen molar-refractivity contribution >= 4 is 33.4 Å². The summed E-state index contributed by atoms with van der Waals surface area (Å²) in [6.45, 7) is 2.73. The van der Waals surface area contributed by atoms with Gasteiger partial charge < -0.3 is 15.4 Å². The molecule has 0 aliphatic carbocycles. The summed E-state index contributed by atoms with van der Waals surface area (Å²) < 4.78 is 6.66. The van der Waals surface area contributed by atoms with Crippen LogP contribution in [-0.4, -0.2) is 23.6 Å². The van der Waals surface area contributed by atoms with Crippen LogP contribution >= 0.6 is 15.9 Å². The summed E-state index contributed by atoms with van der Waals surface area (Å²) in [5.74, 6) is 2.33. The molecule has 0 saturated carbocycles. The molecule has 0 radical (unpaired) electrons. The van der Waals surface area contributed by atoms with Gasteiger partial charge in [0.25, 0.3) is 0 Å². The summed E-state index contributed by atoms with van der Waals surface area (Å²) in [6.07, 6.45) is 2.08. The molecule has 0 bridgehead atoms. The van der Waals surface area contributed by atoms with Gasteiger partial charge in [-0.15, -0.1) is 0 Å².